The van der Waals surface area contributed by atoms with E-state index in [0.717, 1.165) is 22.9 Å². The molecular weight excluding hydrogens is 380 g/mol. The summed E-state index contributed by atoms with van der Waals surface area (Å²) >= 11 is 1.90. The van der Waals surface area contributed by atoms with Crippen molar-refractivity contribution in [3.63, 3.8) is 0 Å². The van der Waals surface area contributed by atoms with Gasteiger partial charge in [0.25, 0.3) is 0 Å². The molecule has 1 saturated carbocycles. The van der Waals surface area contributed by atoms with Gasteiger partial charge in [-0.05, 0) is 57.3 Å². The average molecular weight is 413 g/mol. The van der Waals surface area contributed by atoms with Gasteiger partial charge in [0.2, 0.25) is 0 Å². The fourth-order valence-corrected chi connectivity index (χ4v) is 5.98. The molecule has 0 spiro atoms. The van der Waals surface area contributed by atoms with Crippen LogP contribution >= 0.6 is 11.8 Å². The molecule has 0 bridgehead atoms. The monoisotopic (exact) mass is 412 g/mol. The molecular formula is C23H32N4OS. The highest BCUT2D eigenvalue weighted by atomic mass is 32.2. The summed E-state index contributed by atoms with van der Waals surface area (Å²) in [6, 6.07) is 7.52. The Labute approximate surface area is 177 Å². The van der Waals surface area contributed by atoms with Crippen LogP contribution in [0.25, 0.3) is 10.9 Å². The van der Waals surface area contributed by atoms with Crippen LogP contribution in [-0.4, -0.2) is 59.5 Å². The van der Waals surface area contributed by atoms with Gasteiger partial charge in [-0.15, -0.1) is 11.8 Å². The third-order valence-corrected chi connectivity index (χ3v) is 7.72. The van der Waals surface area contributed by atoms with Gasteiger partial charge in [0.15, 0.2) is 0 Å². The zero-order valence-electron chi connectivity index (χ0n) is 17.4. The van der Waals surface area contributed by atoms with Crippen molar-refractivity contribution in [3.05, 3.63) is 23.9 Å². The molecule has 0 amide bonds. The fourth-order valence-electron chi connectivity index (χ4n) is 4.90. The molecule has 2 fully saturated rings. The Morgan fingerprint density at radius 1 is 1.17 bits per heavy atom. The lowest BCUT2D eigenvalue weighted by Crippen LogP contribution is -2.23. The van der Waals surface area contributed by atoms with Crippen LogP contribution in [0.5, 0.6) is 5.75 Å². The highest BCUT2D eigenvalue weighted by Gasteiger charge is 2.23. The van der Waals surface area contributed by atoms with E-state index in [1.165, 1.54) is 80.5 Å². The standard InChI is InChI=1S/C23H32N4OS/c1-28-19-12-16-13-21(26-22(16)20(14-19)24-17-6-2-3-7-17)23-25-18(15-29-23)8-11-27-9-4-5-10-27/h12-14,17-18,24,26H,2-11,15H2,1H3/t18-/m1/s1. The maximum atomic E-state index is 5.57. The highest BCUT2D eigenvalue weighted by molar-refractivity contribution is 8.14. The lowest BCUT2D eigenvalue weighted by atomic mass is 10.1. The lowest BCUT2D eigenvalue weighted by Gasteiger charge is -2.15. The average Bonchev–Trinajstić information content (AvgIpc) is 3.53. The first-order chi connectivity index (χ1) is 14.3. The Morgan fingerprint density at radius 3 is 2.79 bits per heavy atom. The van der Waals surface area contributed by atoms with Crippen molar-refractivity contribution < 1.29 is 4.74 Å². The van der Waals surface area contributed by atoms with Crippen LogP contribution in [0.3, 0.4) is 0 Å². The van der Waals surface area contributed by atoms with Crippen LogP contribution in [0.2, 0.25) is 0 Å². The Morgan fingerprint density at radius 2 is 2.00 bits per heavy atom. The molecule has 2 aromatic rings. The van der Waals surface area contributed by atoms with Crippen molar-refractivity contribution in [3.8, 4) is 5.75 Å². The number of anilines is 1. The zero-order valence-corrected chi connectivity index (χ0v) is 18.2. The van der Waals surface area contributed by atoms with E-state index >= 15 is 0 Å². The summed E-state index contributed by atoms with van der Waals surface area (Å²) in [6.07, 6.45) is 9.08. The number of benzene rings is 1. The van der Waals surface area contributed by atoms with Crippen LogP contribution in [-0.2, 0) is 0 Å². The third-order valence-electron chi connectivity index (χ3n) is 6.57. The first-order valence-electron chi connectivity index (χ1n) is 11.2. The Bertz CT molecular complexity index is 880. The first kappa shape index (κ1) is 19.3. The number of thioether (sulfide) groups is 1. The van der Waals surface area contributed by atoms with Crippen molar-refractivity contribution >= 4 is 33.4 Å². The van der Waals surface area contributed by atoms with Crippen LogP contribution in [0.1, 0.15) is 50.6 Å². The molecule has 1 aliphatic carbocycles. The molecule has 5 nitrogen and oxygen atoms in total. The molecule has 5 rings (SSSR count). The summed E-state index contributed by atoms with van der Waals surface area (Å²) in [7, 11) is 1.75. The van der Waals surface area contributed by atoms with Gasteiger partial charge < -0.3 is 19.9 Å². The number of methoxy groups -OCH3 is 1. The molecule has 0 radical (unpaired) electrons. The number of hydrogen-bond acceptors (Lipinski definition) is 5. The summed E-state index contributed by atoms with van der Waals surface area (Å²) < 4.78 is 5.57. The number of ether oxygens (including phenoxy) is 1. The molecule has 3 heterocycles. The smallest absolute Gasteiger partial charge is 0.121 e. The summed E-state index contributed by atoms with van der Waals surface area (Å²) in [6.45, 7) is 3.75. The number of nitrogens with zero attached hydrogens (tertiary/aromatic N) is 2. The molecule has 2 aliphatic heterocycles. The Kier molecular flexibility index (Phi) is 5.73. The predicted octanol–water partition coefficient (Wildman–Crippen LogP) is 4.88. The van der Waals surface area contributed by atoms with E-state index in [9.17, 15) is 0 Å². The number of rotatable bonds is 7. The van der Waals surface area contributed by atoms with Gasteiger partial charge in [0, 0.05) is 29.8 Å². The van der Waals surface area contributed by atoms with Crippen molar-refractivity contribution in [1.82, 2.24) is 9.88 Å². The second-order valence-electron chi connectivity index (χ2n) is 8.68. The number of aliphatic imine (C=N–C) groups is 1. The van der Waals surface area contributed by atoms with Crippen molar-refractivity contribution in [2.75, 3.05) is 37.8 Å². The van der Waals surface area contributed by atoms with Crippen LogP contribution in [0.15, 0.2) is 23.2 Å². The summed E-state index contributed by atoms with van der Waals surface area (Å²) in [5.74, 6) is 2.02. The SMILES string of the molecule is COc1cc(NC2CCCC2)c2[nH]c(C3=N[C@H](CCN4CCCC4)CS3)cc2c1. The summed E-state index contributed by atoms with van der Waals surface area (Å²) in [5, 5.41) is 6.12. The number of nitrogens with one attached hydrogen (secondary N) is 2. The number of aromatic amines is 1. The number of likely N-dealkylation sites (tertiary alicyclic amines) is 1. The van der Waals surface area contributed by atoms with Crippen LogP contribution in [0.4, 0.5) is 5.69 Å². The fraction of sp³-hybridized carbons (Fsp3) is 0.609. The van der Waals surface area contributed by atoms with Gasteiger partial charge in [0.1, 0.15) is 10.8 Å². The van der Waals surface area contributed by atoms with Crippen LogP contribution < -0.4 is 10.1 Å². The molecule has 1 atom stereocenters. The quantitative estimate of drug-likeness (QED) is 0.681. The second-order valence-corrected chi connectivity index (χ2v) is 9.69. The normalized spacial score (nSPS) is 23.2. The Balaban J connectivity index is 1.35. The van der Waals surface area contributed by atoms with E-state index in [1.54, 1.807) is 7.11 Å². The van der Waals surface area contributed by atoms with E-state index in [0.29, 0.717) is 12.1 Å². The minimum atomic E-state index is 0.452. The van der Waals surface area contributed by atoms with Gasteiger partial charge in [-0.1, -0.05) is 12.8 Å². The van der Waals surface area contributed by atoms with Crippen molar-refractivity contribution in [2.24, 2.45) is 4.99 Å². The number of H-pyrrole nitrogens is 1. The highest BCUT2D eigenvalue weighted by Crippen LogP contribution is 2.34. The molecule has 1 aromatic heterocycles. The molecule has 156 valence electrons. The molecule has 0 unspecified atom stereocenters. The maximum absolute atomic E-state index is 5.57. The van der Waals surface area contributed by atoms with Gasteiger partial charge in [-0.3, -0.25) is 4.99 Å². The maximum Gasteiger partial charge on any atom is 0.121 e. The van der Waals surface area contributed by atoms with E-state index in [4.69, 9.17) is 9.73 Å². The van der Waals surface area contributed by atoms with Gasteiger partial charge in [0.05, 0.1) is 30.0 Å². The second kappa shape index (κ2) is 8.60. The number of aromatic nitrogens is 1. The molecule has 2 N–H and O–H groups in total. The van der Waals surface area contributed by atoms with E-state index in [1.807, 2.05) is 11.8 Å². The number of hydrogen-bond donors (Lipinski definition) is 2. The van der Waals surface area contributed by atoms with Gasteiger partial charge >= 0.3 is 0 Å². The van der Waals surface area contributed by atoms with Crippen molar-refractivity contribution in [2.45, 2.75) is 57.0 Å². The van der Waals surface area contributed by atoms with E-state index < -0.39 is 0 Å². The molecule has 29 heavy (non-hydrogen) atoms. The largest absolute Gasteiger partial charge is 0.497 e. The zero-order chi connectivity index (χ0) is 19.6. The topological polar surface area (TPSA) is 52.6 Å². The Hall–Kier alpha value is -1.66. The predicted molar refractivity (Wildman–Crippen MR) is 124 cm³/mol. The minimum Gasteiger partial charge on any atom is -0.497 e. The molecule has 1 saturated heterocycles. The summed E-state index contributed by atoms with van der Waals surface area (Å²) in [5.41, 5.74) is 3.49. The molecule has 1 aromatic carbocycles. The van der Waals surface area contributed by atoms with Gasteiger partial charge in [-0.25, -0.2) is 0 Å². The van der Waals surface area contributed by atoms with Crippen LogP contribution in [0, 0.1) is 0 Å². The first-order valence-corrected chi connectivity index (χ1v) is 12.2. The lowest BCUT2D eigenvalue weighted by molar-refractivity contribution is 0.326. The number of fused-ring (bicyclic) bond motifs is 1. The van der Waals surface area contributed by atoms with E-state index in [-0.39, 0.29) is 0 Å². The summed E-state index contributed by atoms with van der Waals surface area (Å²) in [4.78, 5) is 11.3. The van der Waals surface area contributed by atoms with Gasteiger partial charge in [-0.2, -0.15) is 0 Å². The minimum absolute atomic E-state index is 0.452. The third kappa shape index (κ3) is 4.29. The molecule has 3 aliphatic rings. The van der Waals surface area contributed by atoms with E-state index in [2.05, 4.69) is 33.4 Å². The van der Waals surface area contributed by atoms with Crippen molar-refractivity contribution in [1.29, 1.82) is 0 Å². The molecule has 6 heteroatoms.